The predicted molar refractivity (Wildman–Crippen MR) is 143 cm³/mol. The molecule has 0 bridgehead atoms. The van der Waals surface area contributed by atoms with Crippen molar-refractivity contribution in [1.82, 2.24) is 0 Å². The molecule has 0 saturated heterocycles. The fraction of sp³-hybridized carbons (Fsp3) is 0.806. The molecule has 37 heavy (non-hydrogen) atoms. The molecule has 6 heteroatoms. The van der Waals surface area contributed by atoms with Crippen LogP contribution in [0, 0.1) is 39.9 Å². The summed E-state index contributed by atoms with van der Waals surface area (Å²) in [6.07, 6.45) is 6.22. The van der Waals surface area contributed by atoms with Crippen LogP contribution in [0.1, 0.15) is 99.8 Å². The number of hydrogen-bond acceptors (Lipinski definition) is 5. The Balaban J connectivity index is 1.82. The highest BCUT2D eigenvalue weighted by atomic mass is 16.5. The van der Waals surface area contributed by atoms with Gasteiger partial charge < -0.3 is 20.1 Å². The second-order valence-corrected chi connectivity index (χ2v) is 13.6. The van der Waals surface area contributed by atoms with Crippen molar-refractivity contribution in [2.75, 3.05) is 0 Å². The van der Waals surface area contributed by atoms with Gasteiger partial charge >= 0.3 is 11.9 Å². The van der Waals surface area contributed by atoms with Crippen molar-refractivity contribution in [2.45, 2.75) is 118 Å². The first-order chi connectivity index (χ1) is 17.2. The summed E-state index contributed by atoms with van der Waals surface area (Å²) in [5.41, 5.74) is 1.57. The molecular weight excluding hydrogens is 468 g/mol. The lowest BCUT2D eigenvalue weighted by atomic mass is 9.36. The Morgan fingerprint density at radius 1 is 1.03 bits per heavy atom. The van der Waals surface area contributed by atoms with Gasteiger partial charge in [0.15, 0.2) is 0 Å². The monoisotopic (exact) mass is 516 g/mol. The minimum atomic E-state index is -0.953. The van der Waals surface area contributed by atoms with Gasteiger partial charge in [-0.1, -0.05) is 39.3 Å². The van der Waals surface area contributed by atoms with Crippen LogP contribution in [0.4, 0.5) is 0 Å². The Morgan fingerprint density at radius 3 is 2.30 bits per heavy atom. The average Bonchev–Trinajstić information content (AvgIpc) is 3.05. The highest BCUT2D eigenvalue weighted by molar-refractivity contribution is 5.88. The van der Waals surface area contributed by atoms with E-state index in [2.05, 4.69) is 27.7 Å². The van der Waals surface area contributed by atoms with Crippen LogP contribution < -0.4 is 0 Å². The van der Waals surface area contributed by atoms with Gasteiger partial charge in [0.1, 0.15) is 6.10 Å². The fourth-order valence-corrected chi connectivity index (χ4v) is 9.79. The van der Waals surface area contributed by atoms with Crippen molar-refractivity contribution in [2.24, 2.45) is 39.9 Å². The number of allylic oxidation sites excluding steroid dienone is 2. The molecule has 4 rings (SSSR count). The van der Waals surface area contributed by atoms with Gasteiger partial charge in [0.05, 0.1) is 12.2 Å². The summed E-state index contributed by atoms with van der Waals surface area (Å²) in [4.78, 5) is 24.8. The Morgan fingerprint density at radius 2 is 1.70 bits per heavy atom. The summed E-state index contributed by atoms with van der Waals surface area (Å²) in [6.45, 7) is 14.5. The van der Waals surface area contributed by atoms with Gasteiger partial charge in [0.2, 0.25) is 0 Å². The van der Waals surface area contributed by atoms with Gasteiger partial charge in [-0.2, -0.15) is 0 Å². The first-order valence-corrected chi connectivity index (χ1v) is 14.3. The standard InChI is InChI=1S/C31H48O6/c1-17(2)9-8-10-20(28(35)36)26-22-15-24(34)27-29(5)13-12-23(33)18(3)21(29)11-14-30(27,6)31(22,7)16-25(26)37-19(4)32/h9,18,21-25,27,33-34H,8,10-16H2,1-7H3,(H,35,36)/b26-20-/t18?,21-,22-,23?,24?,25-,27-,29-,30+,31-/m0/s1. The van der Waals surface area contributed by atoms with Crippen molar-refractivity contribution in [3.8, 4) is 0 Å². The smallest absolute Gasteiger partial charge is 0.331 e. The lowest BCUT2D eigenvalue weighted by molar-refractivity contribution is -0.234. The summed E-state index contributed by atoms with van der Waals surface area (Å²) in [6, 6.07) is 0. The van der Waals surface area contributed by atoms with Gasteiger partial charge in [-0.05, 0) is 111 Å². The second-order valence-electron chi connectivity index (χ2n) is 13.6. The molecule has 6 nitrogen and oxygen atoms in total. The molecule has 0 radical (unpaired) electrons. The van der Waals surface area contributed by atoms with E-state index in [4.69, 9.17) is 4.74 Å². The summed E-state index contributed by atoms with van der Waals surface area (Å²) in [7, 11) is 0. The van der Waals surface area contributed by atoms with Crippen molar-refractivity contribution in [3.05, 3.63) is 22.8 Å². The number of aliphatic carboxylic acids is 1. The molecule has 0 spiro atoms. The second kappa shape index (κ2) is 9.82. The third kappa shape index (κ3) is 4.40. The number of aliphatic hydroxyl groups is 2. The number of carboxylic acids is 1. The molecule has 3 N–H and O–H groups in total. The van der Waals surface area contributed by atoms with Gasteiger partial charge in [-0.15, -0.1) is 0 Å². The highest BCUT2D eigenvalue weighted by Crippen LogP contribution is 2.74. The number of ether oxygens (including phenoxy) is 1. The number of aliphatic hydroxyl groups excluding tert-OH is 2. The predicted octanol–water partition coefficient (Wildman–Crippen LogP) is 5.67. The van der Waals surface area contributed by atoms with E-state index in [1.807, 2.05) is 19.9 Å². The number of carbonyl (C=O) groups is 2. The zero-order valence-corrected chi connectivity index (χ0v) is 23.8. The van der Waals surface area contributed by atoms with Crippen molar-refractivity contribution in [1.29, 1.82) is 0 Å². The average molecular weight is 517 g/mol. The van der Waals surface area contributed by atoms with Crippen LogP contribution in [-0.2, 0) is 14.3 Å². The SMILES string of the molecule is CC(=O)O[C@H]1C[C@@]2(C)[C@@H](CC(O)[C@H]3[C@@]4(C)CCC(O)C(C)[C@@H]4CC[C@]32C)/C1=C(\CCC=C(C)C)C(=O)O. The zero-order chi connectivity index (χ0) is 27.5. The van der Waals surface area contributed by atoms with Crippen molar-refractivity contribution >= 4 is 11.9 Å². The van der Waals surface area contributed by atoms with Crippen LogP contribution in [0.25, 0.3) is 0 Å². The number of carboxylic acid groups (broad SMARTS) is 1. The first-order valence-electron chi connectivity index (χ1n) is 14.3. The van der Waals surface area contributed by atoms with Crippen LogP contribution in [0.3, 0.4) is 0 Å². The minimum Gasteiger partial charge on any atom is -0.478 e. The Kier molecular flexibility index (Phi) is 7.53. The number of fused-ring (bicyclic) bond motifs is 5. The molecule has 4 saturated carbocycles. The van der Waals surface area contributed by atoms with Crippen LogP contribution in [-0.4, -0.2) is 45.6 Å². The lowest BCUT2D eigenvalue weighted by Gasteiger charge is -2.69. The summed E-state index contributed by atoms with van der Waals surface area (Å²) in [5.74, 6) is -0.909. The third-order valence-electron chi connectivity index (χ3n) is 11.6. The van der Waals surface area contributed by atoms with Crippen LogP contribution in [0.5, 0.6) is 0 Å². The molecule has 0 aromatic heterocycles. The van der Waals surface area contributed by atoms with E-state index in [1.54, 1.807) is 0 Å². The summed E-state index contributed by atoms with van der Waals surface area (Å²) in [5, 5.41) is 32.9. The molecule has 208 valence electrons. The zero-order valence-electron chi connectivity index (χ0n) is 23.8. The lowest BCUT2D eigenvalue weighted by Crippen LogP contribution is -2.65. The van der Waals surface area contributed by atoms with Gasteiger partial charge in [-0.25, -0.2) is 4.79 Å². The maximum absolute atomic E-state index is 12.6. The molecule has 3 unspecified atom stereocenters. The van der Waals surface area contributed by atoms with Gasteiger partial charge in [0.25, 0.3) is 0 Å². The fourth-order valence-electron chi connectivity index (χ4n) is 9.79. The first kappa shape index (κ1) is 28.4. The van der Waals surface area contributed by atoms with E-state index in [9.17, 15) is 24.9 Å². The number of rotatable bonds is 5. The van der Waals surface area contributed by atoms with E-state index in [1.165, 1.54) is 6.92 Å². The van der Waals surface area contributed by atoms with E-state index in [0.717, 1.165) is 36.8 Å². The Labute approximate surface area is 222 Å². The molecule has 4 aliphatic carbocycles. The summed E-state index contributed by atoms with van der Waals surface area (Å²) < 4.78 is 5.87. The molecule has 0 aromatic rings. The normalized spacial score (nSPS) is 46.2. The number of carbonyl (C=O) groups excluding carboxylic acids is 1. The van der Waals surface area contributed by atoms with Crippen molar-refractivity contribution in [3.63, 3.8) is 0 Å². The van der Waals surface area contributed by atoms with E-state index in [0.29, 0.717) is 37.2 Å². The van der Waals surface area contributed by atoms with Gasteiger partial charge in [-0.3, -0.25) is 4.79 Å². The Hall–Kier alpha value is -1.66. The van der Waals surface area contributed by atoms with Crippen LogP contribution >= 0.6 is 0 Å². The highest BCUT2D eigenvalue weighted by Gasteiger charge is 2.70. The molecule has 0 aliphatic heterocycles. The quantitative estimate of drug-likeness (QED) is 0.247. The van der Waals surface area contributed by atoms with Crippen LogP contribution in [0.2, 0.25) is 0 Å². The Bertz CT molecular complexity index is 994. The topological polar surface area (TPSA) is 104 Å². The van der Waals surface area contributed by atoms with E-state index >= 15 is 0 Å². The molecule has 4 aliphatic rings. The maximum Gasteiger partial charge on any atom is 0.331 e. The number of esters is 1. The molecule has 0 aromatic carbocycles. The number of hydrogen-bond donors (Lipinski definition) is 3. The summed E-state index contributed by atoms with van der Waals surface area (Å²) >= 11 is 0. The molecule has 0 heterocycles. The third-order valence-corrected chi connectivity index (χ3v) is 11.6. The molecule has 10 atom stereocenters. The largest absolute Gasteiger partial charge is 0.478 e. The molecule has 4 fully saturated rings. The van der Waals surface area contributed by atoms with E-state index in [-0.39, 0.29) is 40.1 Å². The minimum absolute atomic E-state index is 0.0474. The molecule has 0 amide bonds. The maximum atomic E-state index is 12.6. The molecular formula is C31H48O6. The van der Waals surface area contributed by atoms with Crippen LogP contribution in [0.15, 0.2) is 22.8 Å². The van der Waals surface area contributed by atoms with Crippen molar-refractivity contribution < 1.29 is 29.6 Å². The van der Waals surface area contributed by atoms with Gasteiger partial charge in [0, 0.05) is 12.5 Å². The van der Waals surface area contributed by atoms with E-state index < -0.39 is 24.1 Å².